The van der Waals surface area contributed by atoms with Crippen LogP contribution >= 0.6 is 27.7 Å². The van der Waals surface area contributed by atoms with Gasteiger partial charge in [0.1, 0.15) is 11.6 Å². The molecule has 4 rings (SSSR count). The monoisotopic (exact) mass is 470 g/mol. The summed E-state index contributed by atoms with van der Waals surface area (Å²) in [5.41, 5.74) is 1.16. The zero-order valence-corrected chi connectivity index (χ0v) is 17.6. The number of benzene rings is 2. The Balaban J connectivity index is 1.57. The molecule has 2 heterocycles. The Morgan fingerprint density at radius 1 is 1.03 bits per heavy atom. The molecule has 0 aliphatic heterocycles. The molecule has 146 valence electrons. The molecule has 0 aliphatic rings. The molecule has 2 aromatic carbocycles. The molecular formula is C21H16BrFN4OS. The second kappa shape index (κ2) is 9.19. The maximum Gasteiger partial charge on any atom is 0.196 e. The van der Waals surface area contributed by atoms with Gasteiger partial charge in [0.15, 0.2) is 11.0 Å². The molecule has 0 N–H and O–H groups in total. The molecule has 0 amide bonds. The minimum Gasteiger partial charge on any atom is -0.493 e. The van der Waals surface area contributed by atoms with Crippen LogP contribution in [0.15, 0.2) is 82.7 Å². The van der Waals surface area contributed by atoms with Gasteiger partial charge in [-0.2, -0.15) is 0 Å². The van der Waals surface area contributed by atoms with E-state index in [2.05, 4.69) is 31.1 Å². The van der Waals surface area contributed by atoms with Crippen LogP contribution < -0.4 is 4.74 Å². The summed E-state index contributed by atoms with van der Waals surface area (Å²) in [7, 11) is 0. The van der Waals surface area contributed by atoms with Crippen molar-refractivity contribution < 1.29 is 9.13 Å². The number of hydrogen-bond donors (Lipinski definition) is 0. The molecule has 5 nitrogen and oxygen atoms in total. The molecule has 0 saturated heterocycles. The van der Waals surface area contributed by atoms with Crippen LogP contribution in [-0.4, -0.2) is 32.1 Å². The summed E-state index contributed by atoms with van der Waals surface area (Å²) in [6.07, 6.45) is 3.37. The second-order valence-electron chi connectivity index (χ2n) is 5.99. The fourth-order valence-electron chi connectivity index (χ4n) is 2.74. The Morgan fingerprint density at radius 3 is 2.72 bits per heavy atom. The summed E-state index contributed by atoms with van der Waals surface area (Å²) in [5, 5.41) is 9.17. The van der Waals surface area contributed by atoms with E-state index in [1.165, 1.54) is 17.8 Å². The summed E-state index contributed by atoms with van der Waals surface area (Å²) in [4.78, 5) is 4.14. The number of nitrogens with zero attached hydrogens (tertiary/aromatic N) is 4. The molecule has 4 aromatic rings. The molecule has 0 fully saturated rings. The average molecular weight is 471 g/mol. The number of halogens is 2. The van der Waals surface area contributed by atoms with Gasteiger partial charge in [0, 0.05) is 28.2 Å². The fourth-order valence-corrected chi connectivity index (χ4v) is 3.88. The molecule has 0 saturated carbocycles. The summed E-state index contributed by atoms with van der Waals surface area (Å²) in [6.45, 7) is 0.480. The third-order valence-electron chi connectivity index (χ3n) is 4.03. The Labute approximate surface area is 180 Å². The van der Waals surface area contributed by atoms with Crippen molar-refractivity contribution in [1.82, 2.24) is 19.7 Å². The maximum absolute atomic E-state index is 14.5. The molecule has 0 aliphatic carbocycles. The van der Waals surface area contributed by atoms with Crippen LogP contribution in [0.4, 0.5) is 4.39 Å². The number of pyridine rings is 1. The van der Waals surface area contributed by atoms with E-state index >= 15 is 0 Å². The lowest BCUT2D eigenvalue weighted by Gasteiger charge is -2.11. The molecule has 8 heteroatoms. The highest BCUT2D eigenvalue weighted by Crippen LogP contribution is 2.29. The summed E-state index contributed by atoms with van der Waals surface area (Å²) < 4.78 is 23.0. The van der Waals surface area contributed by atoms with Crippen LogP contribution in [0.3, 0.4) is 0 Å². The quantitative estimate of drug-likeness (QED) is 0.267. The van der Waals surface area contributed by atoms with Crippen molar-refractivity contribution in [2.45, 2.75) is 5.16 Å². The SMILES string of the molecule is Fc1ccccc1-n1c(SCCOc2cccc(Br)c2)nnc1-c1cccnc1. The predicted octanol–water partition coefficient (Wildman–Crippen LogP) is 5.40. The van der Waals surface area contributed by atoms with Crippen molar-refractivity contribution in [2.75, 3.05) is 12.4 Å². The van der Waals surface area contributed by atoms with Gasteiger partial charge in [0.2, 0.25) is 0 Å². The van der Waals surface area contributed by atoms with E-state index in [4.69, 9.17) is 4.74 Å². The van der Waals surface area contributed by atoms with Gasteiger partial charge in [-0.25, -0.2) is 4.39 Å². The maximum atomic E-state index is 14.5. The lowest BCUT2D eigenvalue weighted by Crippen LogP contribution is -2.05. The van der Waals surface area contributed by atoms with Crippen LogP contribution in [0.1, 0.15) is 0 Å². The van der Waals surface area contributed by atoms with Gasteiger partial charge in [0.05, 0.1) is 12.3 Å². The van der Waals surface area contributed by atoms with Crippen molar-refractivity contribution >= 4 is 27.7 Å². The summed E-state index contributed by atoms with van der Waals surface area (Å²) in [6, 6.07) is 17.9. The molecule has 0 unspecified atom stereocenters. The standard InChI is InChI=1S/C21H16BrFN4OS/c22-16-6-3-7-17(13-16)28-11-12-29-21-26-25-20(15-5-4-10-24-14-15)27(21)19-9-2-1-8-18(19)23/h1-10,13-14H,11-12H2. The molecule has 0 radical (unpaired) electrons. The minimum absolute atomic E-state index is 0.343. The normalized spacial score (nSPS) is 10.8. The van der Waals surface area contributed by atoms with Crippen molar-refractivity contribution in [3.63, 3.8) is 0 Å². The average Bonchev–Trinajstić information content (AvgIpc) is 3.16. The number of rotatable bonds is 7. The Kier molecular flexibility index (Phi) is 6.21. The number of ether oxygens (including phenoxy) is 1. The Morgan fingerprint density at radius 2 is 1.93 bits per heavy atom. The highest BCUT2D eigenvalue weighted by molar-refractivity contribution is 9.10. The first-order valence-corrected chi connectivity index (χ1v) is 10.6. The molecule has 0 spiro atoms. The minimum atomic E-state index is -0.343. The van der Waals surface area contributed by atoms with Crippen LogP contribution in [0.25, 0.3) is 17.1 Å². The van der Waals surface area contributed by atoms with Crippen LogP contribution in [0.5, 0.6) is 5.75 Å². The molecule has 29 heavy (non-hydrogen) atoms. The molecule has 2 aromatic heterocycles. The van der Waals surface area contributed by atoms with E-state index in [9.17, 15) is 4.39 Å². The topological polar surface area (TPSA) is 52.8 Å². The van der Waals surface area contributed by atoms with Crippen LogP contribution in [0.2, 0.25) is 0 Å². The van der Waals surface area contributed by atoms with Gasteiger partial charge >= 0.3 is 0 Å². The third kappa shape index (κ3) is 4.65. The Hall–Kier alpha value is -2.71. The van der Waals surface area contributed by atoms with Gasteiger partial charge in [-0.1, -0.05) is 45.9 Å². The van der Waals surface area contributed by atoms with E-state index in [0.29, 0.717) is 29.0 Å². The van der Waals surface area contributed by atoms with Gasteiger partial charge < -0.3 is 4.74 Å². The van der Waals surface area contributed by atoms with Gasteiger partial charge in [-0.3, -0.25) is 9.55 Å². The zero-order chi connectivity index (χ0) is 20.1. The lowest BCUT2D eigenvalue weighted by molar-refractivity contribution is 0.343. The predicted molar refractivity (Wildman–Crippen MR) is 115 cm³/mol. The van der Waals surface area contributed by atoms with Crippen molar-refractivity contribution in [2.24, 2.45) is 0 Å². The third-order valence-corrected chi connectivity index (χ3v) is 5.41. The first-order chi connectivity index (χ1) is 14.2. The van der Waals surface area contributed by atoms with E-state index in [0.717, 1.165) is 15.8 Å². The number of para-hydroxylation sites is 1. The van der Waals surface area contributed by atoms with Crippen molar-refractivity contribution in [1.29, 1.82) is 0 Å². The highest BCUT2D eigenvalue weighted by Gasteiger charge is 2.18. The largest absolute Gasteiger partial charge is 0.493 e. The van der Waals surface area contributed by atoms with Gasteiger partial charge in [-0.15, -0.1) is 10.2 Å². The first kappa shape index (κ1) is 19.6. The second-order valence-corrected chi connectivity index (χ2v) is 7.97. The van der Waals surface area contributed by atoms with E-state index in [1.807, 2.05) is 36.4 Å². The summed E-state index contributed by atoms with van der Waals surface area (Å²) in [5.74, 6) is 1.61. The smallest absolute Gasteiger partial charge is 0.196 e. The van der Waals surface area contributed by atoms with E-state index in [-0.39, 0.29) is 5.82 Å². The van der Waals surface area contributed by atoms with Crippen molar-refractivity contribution in [3.05, 3.63) is 83.3 Å². The van der Waals surface area contributed by atoms with Gasteiger partial charge in [0.25, 0.3) is 0 Å². The van der Waals surface area contributed by atoms with E-state index in [1.54, 1.807) is 35.2 Å². The van der Waals surface area contributed by atoms with E-state index < -0.39 is 0 Å². The fraction of sp³-hybridized carbons (Fsp3) is 0.0952. The number of aromatic nitrogens is 4. The molecule has 0 atom stereocenters. The number of hydrogen-bond acceptors (Lipinski definition) is 5. The molecule has 0 bridgehead atoms. The number of thioether (sulfide) groups is 1. The summed E-state index contributed by atoms with van der Waals surface area (Å²) >= 11 is 4.88. The van der Waals surface area contributed by atoms with Gasteiger partial charge in [-0.05, 0) is 42.5 Å². The molecular weight excluding hydrogens is 455 g/mol. The first-order valence-electron chi connectivity index (χ1n) is 8.84. The van der Waals surface area contributed by atoms with Crippen molar-refractivity contribution in [3.8, 4) is 22.8 Å². The zero-order valence-electron chi connectivity index (χ0n) is 15.2. The Bertz CT molecular complexity index is 1110. The lowest BCUT2D eigenvalue weighted by atomic mass is 10.2. The van der Waals surface area contributed by atoms with Crippen LogP contribution in [-0.2, 0) is 0 Å². The highest BCUT2D eigenvalue weighted by atomic mass is 79.9. The van der Waals surface area contributed by atoms with Crippen LogP contribution in [0, 0.1) is 5.82 Å².